The highest BCUT2D eigenvalue weighted by Crippen LogP contribution is 2.24. The van der Waals surface area contributed by atoms with Gasteiger partial charge in [0.25, 0.3) is 0 Å². The first kappa shape index (κ1) is 28.2. The third kappa shape index (κ3) is 7.58. The number of benzene rings is 1. The lowest BCUT2D eigenvalue weighted by molar-refractivity contribution is 0.542. The van der Waals surface area contributed by atoms with Crippen molar-refractivity contribution < 1.29 is 0 Å². The first-order valence-electron chi connectivity index (χ1n) is 11.9. The van der Waals surface area contributed by atoms with Crippen molar-refractivity contribution in [2.75, 3.05) is 20.6 Å². The van der Waals surface area contributed by atoms with Crippen molar-refractivity contribution in [3.63, 3.8) is 0 Å². The lowest BCUT2D eigenvalue weighted by atomic mass is 10.0. The van der Waals surface area contributed by atoms with Crippen LogP contribution in [-0.4, -0.2) is 54.8 Å². The molecule has 0 bridgehead atoms. The minimum absolute atomic E-state index is 0. The fourth-order valence-corrected chi connectivity index (χ4v) is 4.76. The molecule has 0 aliphatic heterocycles. The van der Waals surface area contributed by atoms with Gasteiger partial charge in [0, 0.05) is 91.8 Å². The predicted molar refractivity (Wildman–Crippen MR) is 159 cm³/mol. The molecular weight excluding hydrogens is 500 g/mol. The van der Waals surface area contributed by atoms with Crippen LogP contribution in [0.3, 0.4) is 0 Å². The van der Waals surface area contributed by atoms with E-state index in [0.29, 0.717) is 6.42 Å². The van der Waals surface area contributed by atoms with Gasteiger partial charge in [-0.25, -0.2) is 4.31 Å². The molecule has 1 N–H and O–H groups in total. The summed E-state index contributed by atoms with van der Waals surface area (Å²) < 4.78 is 6.02. The Morgan fingerprint density at radius 3 is 2.68 bits per heavy atom. The second-order valence-corrected chi connectivity index (χ2v) is 9.99. The van der Waals surface area contributed by atoms with Crippen LogP contribution in [0, 0.1) is 0 Å². The Labute approximate surface area is 230 Å². The number of pyridine rings is 2. The number of nitrogens with one attached hydrogen (secondary N) is 1. The Morgan fingerprint density at radius 2 is 1.97 bits per heavy atom. The molecule has 1 aromatic carbocycles. The van der Waals surface area contributed by atoms with Crippen molar-refractivity contribution in [2.24, 2.45) is 12.1 Å². The fraction of sp³-hybridized carbons (Fsp3) is 0.259. The van der Waals surface area contributed by atoms with Gasteiger partial charge in [0.1, 0.15) is 0 Å². The van der Waals surface area contributed by atoms with Crippen molar-refractivity contribution in [1.29, 1.82) is 0 Å². The molecule has 4 aromatic rings. The third-order valence-electron chi connectivity index (χ3n) is 5.54. The van der Waals surface area contributed by atoms with Crippen molar-refractivity contribution in [2.45, 2.75) is 19.8 Å². The molecule has 194 valence electrons. The molecule has 0 radical (unpaired) electrons. The number of amidine groups is 1. The van der Waals surface area contributed by atoms with Gasteiger partial charge in [0.15, 0.2) is 5.84 Å². The number of allylic oxidation sites excluding steroid dienone is 1. The summed E-state index contributed by atoms with van der Waals surface area (Å²) >= 11 is 1.61. The first-order valence-corrected chi connectivity index (χ1v) is 12.6. The summed E-state index contributed by atoms with van der Waals surface area (Å²) in [6.07, 6.45) is 11.0. The zero-order chi connectivity index (χ0) is 25.5. The lowest BCUT2D eigenvalue weighted by Gasteiger charge is -2.25. The van der Waals surface area contributed by atoms with Crippen LogP contribution in [0.5, 0.6) is 0 Å². The maximum absolute atomic E-state index is 4.71. The molecule has 0 aliphatic carbocycles. The summed E-state index contributed by atoms with van der Waals surface area (Å²) in [5.41, 5.74) is 9.08. The normalized spacial score (nSPS) is 11.4. The summed E-state index contributed by atoms with van der Waals surface area (Å²) in [6.45, 7) is 7.37. The molecule has 4 rings (SSSR count). The van der Waals surface area contributed by atoms with E-state index in [1.165, 1.54) is 0 Å². The van der Waals surface area contributed by atoms with Crippen LogP contribution >= 0.6 is 25.6 Å². The van der Waals surface area contributed by atoms with Crippen LogP contribution in [0.1, 0.15) is 24.5 Å². The molecule has 37 heavy (non-hydrogen) atoms. The average Bonchev–Trinajstić information content (AvgIpc) is 3.30. The molecule has 0 spiro atoms. The van der Waals surface area contributed by atoms with E-state index >= 15 is 0 Å². The maximum Gasteiger partial charge on any atom is 0.168 e. The van der Waals surface area contributed by atoms with Gasteiger partial charge in [-0.1, -0.05) is 19.6 Å². The monoisotopic (exact) mass is 534 g/mol. The van der Waals surface area contributed by atoms with Gasteiger partial charge in [-0.3, -0.25) is 24.4 Å². The van der Waals surface area contributed by atoms with E-state index in [9.17, 15) is 0 Å². The molecule has 0 saturated carbocycles. The van der Waals surface area contributed by atoms with Crippen LogP contribution in [0.4, 0.5) is 0 Å². The van der Waals surface area contributed by atoms with Gasteiger partial charge < -0.3 is 0 Å². The highest BCUT2D eigenvalue weighted by Gasteiger charge is 2.14. The maximum atomic E-state index is 4.71. The standard InChI is InChI=1S/C27H32N8S.H2S/c1-6-12-34(4)36-35(5)27(22-8-7-11-28-16-22)32-31-20(2)13-21-9-10-26-23(14-21)15-24(17-29-26)25-18-30-33(3)19-25;/h7-11,14-19,31H,2,6,12-13H2,1,3-5H3;1H2/b32-27-;. The largest absolute Gasteiger partial charge is 0.289 e. The molecule has 8 nitrogen and oxygen atoms in total. The number of fused-ring (bicyclic) bond motifs is 1. The van der Waals surface area contributed by atoms with Gasteiger partial charge >= 0.3 is 0 Å². The molecule has 0 aliphatic rings. The molecular formula is C27H34N8S2. The van der Waals surface area contributed by atoms with E-state index < -0.39 is 0 Å². The lowest BCUT2D eigenvalue weighted by Crippen LogP contribution is -2.28. The summed E-state index contributed by atoms with van der Waals surface area (Å²) in [7, 11) is 5.99. The molecule has 0 amide bonds. The highest BCUT2D eigenvalue weighted by molar-refractivity contribution is 7.95. The van der Waals surface area contributed by atoms with E-state index in [0.717, 1.165) is 57.7 Å². The molecule has 3 aromatic heterocycles. The fourth-order valence-electron chi connectivity index (χ4n) is 3.85. The summed E-state index contributed by atoms with van der Waals surface area (Å²) in [4.78, 5) is 8.89. The number of hydrogen-bond donors (Lipinski definition) is 1. The van der Waals surface area contributed by atoms with Crippen molar-refractivity contribution >= 4 is 42.4 Å². The Balaban J connectivity index is 0.00000380. The zero-order valence-electron chi connectivity index (χ0n) is 21.7. The van der Waals surface area contributed by atoms with Crippen molar-refractivity contribution in [3.05, 3.63) is 90.8 Å². The van der Waals surface area contributed by atoms with Gasteiger partial charge in [-0.2, -0.15) is 23.7 Å². The molecule has 0 atom stereocenters. The quantitative estimate of drug-likeness (QED) is 0.133. The Hall–Kier alpha value is -3.34. The van der Waals surface area contributed by atoms with Gasteiger partial charge in [0.05, 0.1) is 11.7 Å². The Kier molecular flexibility index (Phi) is 10.1. The Bertz CT molecular complexity index is 1350. The number of hydrazone groups is 1. The number of nitrogens with zero attached hydrogens (tertiary/aromatic N) is 7. The summed E-state index contributed by atoms with van der Waals surface area (Å²) in [5.74, 6) is 0.779. The van der Waals surface area contributed by atoms with Crippen LogP contribution in [0.2, 0.25) is 0 Å². The summed E-state index contributed by atoms with van der Waals surface area (Å²) in [6, 6.07) is 12.3. The first-order chi connectivity index (χ1) is 17.4. The van der Waals surface area contributed by atoms with Gasteiger partial charge in [0.2, 0.25) is 0 Å². The third-order valence-corrected chi connectivity index (χ3v) is 6.42. The minimum atomic E-state index is 0. The highest BCUT2D eigenvalue weighted by atomic mass is 32.2. The second kappa shape index (κ2) is 13.3. The van der Waals surface area contributed by atoms with E-state index in [1.54, 1.807) is 23.0 Å². The predicted octanol–water partition coefficient (Wildman–Crippen LogP) is 4.99. The minimum Gasteiger partial charge on any atom is -0.289 e. The number of aryl methyl sites for hydroxylation is 1. The van der Waals surface area contributed by atoms with E-state index in [2.05, 4.69) is 63.5 Å². The Morgan fingerprint density at radius 1 is 1.14 bits per heavy atom. The molecule has 0 saturated heterocycles. The van der Waals surface area contributed by atoms with Crippen LogP contribution in [-0.2, 0) is 13.5 Å². The van der Waals surface area contributed by atoms with E-state index in [4.69, 9.17) is 5.10 Å². The molecule has 0 fully saturated rings. The van der Waals surface area contributed by atoms with Crippen LogP contribution in [0.25, 0.3) is 22.0 Å². The van der Waals surface area contributed by atoms with Crippen LogP contribution in [0.15, 0.2) is 84.8 Å². The summed E-state index contributed by atoms with van der Waals surface area (Å²) in [5, 5.41) is 10.1. The topological polar surface area (TPSA) is 74.5 Å². The molecule has 0 unspecified atom stereocenters. The van der Waals surface area contributed by atoms with E-state index in [1.807, 2.05) is 61.4 Å². The number of aromatic nitrogens is 4. The van der Waals surface area contributed by atoms with E-state index in [-0.39, 0.29) is 13.5 Å². The van der Waals surface area contributed by atoms with Gasteiger partial charge in [-0.15, -0.1) is 0 Å². The van der Waals surface area contributed by atoms with Crippen LogP contribution < -0.4 is 5.43 Å². The average molecular weight is 535 g/mol. The van der Waals surface area contributed by atoms with Crippen molar-refractivity contribution in [3.8, 4) is 11.1 Å². The van der Waals surface area contributed by atoms with Crippen molar-refractivity contribution in [1.82, 2.24) is 33.8 Å². The zero-order valence-corrected chi connectivity index (χ0v) is 23.5. The second-order valence-electron chi connectivity index (χ2n) is 8.65. The molecule has 3 heterocycles. The molecule has 10 heteroatoms. The smallest absolute Gasteiger partial charge is 0.168 e. The number of hydrogen-bond acceptors (Lipinski definition) is 7. The SMILES string of the molecule is C=C(Cc1ccc2ncc(-c3cnn(C)c3)cc2c1)N/N=C(/c1cccnc1)N(C)SN(C)CCC.S. The number of rotatable bonds is 10. The van der Waals surface area contributed by atoms with Gasteiger partial charge in [-0.05, 0) is 49.4 Å².